The fourth-order valence-corrected chi connectivity index (χ4v) is 3.21. The maximum absolute atomic E-state index is 13.0. The third-order valence-electron chi connectivity index (χ3n) is 4.49. The average molecular weight is 336 g/mol. The predicted octanol–water partition coefficient (Wildman–Crippen LogP) is 2.37. The van der Waals surface area contributed by atoms with Gasteiger partial charge in [-0.2, -0.15) is 0 Å². The highest BCUT2D eigenvalue weighted by atomic mass is 16.5. The van der Waals surface area contributed by atoms with E-state index >= 15 is 0 Å². The summed E-state index contributed by atoms with van der Waals surface area (Å²) in [4.78, 5) is 25.1. The Morgan fingerprint density at radius 3 is 2.54 bits per heavy atom. The smallest absolute Gasteiger partial charge is 0.312 e. The van der Waals surface area contributed by atoms with E-state index in [-0.39, 0.29) is 18.6 Å². The molecule has 1 N–H and O–H groups in total. The minimum atomic E-state index is -1.75. The molecule has 1 aliphatic rings. The van der Waals surface area contributed by atoms with Gasteiger partial charge in [-0.25, -0.2) is 0 Å². The number of rotatable bonds is 6. The van der Waals surface area contributed by atoms with Crippen molar-refractivity contribution in [3.8, 4) is 11.5 Å². The Hall–Kier alpha value is -2.08. The fraction of sp³-hybridized carbons (Fsp3) is 0.556. The number of methoxy groups -OCH3 is 2. The molecule has 132 valence electrons. The summed E-state index contributed by atoms with van der Waals surface area (Å²) in [5, 5.41) is 11.0. The summed E-state index contributed by atoms with van der Waals surface area (Å²) >= 11 is 0. The Morgan fingerprint density at radius 2 is 1.92 bits per heavy atom. The van der Waals surface area contributed by atoms with Gasteiger partial charge < -0.3 is 19.3 Å². The lowest BCUT2D eigenvalue weighted by Gasteiger charge is -2.37. The molecule has 2 rings (SSSR count). The van der Waals surface area contributed by atoms with Crippen LogP contribution in [0.25, 0.3) is 0 Å². The topological polar surface area (TPSA) is 82.1 Å². The average Bonchev–Trinajstić information content (AvgIpc) is 2.60. The predicted molar refractivity (Wildman–Crippen MR) is 87.4 cm³/mol. The number of hydrogen-bond donors (Lipinski definition) is 1. The molecule has 6 heteroatoms. The zero-order chi connectivity index (χ0) is 17.7. The fourth-order valence-electron chi connectivity index (χ4n) is 3.21. The highest BCUT2D eigenvalue weighted by molar-refractivity contribution is 6.05. The van der Waals surface area contributed by atoms with Crippen LogP contribution >= 0.6 is 0 Å². The molecule has 0 aromatic heterocycles. The van der Waals surface area contributed by atoms with Crippen LogP contribution in [0.2, 0.25) is 0 Å². The van der Waals surface area contributed by atoms with Gasteiger partial charge in [-0.05, 0) is 38.0 Å². The van der Waals surface area contributed by atoms with Crippen LogP contribution in [0.15, 0.2) is 18.2 Å². The van der Waals surface area contributed by atoms with Gasteiger partial charge in [0.05, 0.1) is 26.7 Å². The van der Waals surface area contributed by atoms with Crippen molar-refractivity contribution in [3.05, 3.63) is 23.8 Å². The summed E-state index contributed by atoms with van der Waals surface area (Å²) in [5.41, 5.74) is -1.46. The maximum atomic E-state index is 13.0. The number of carbonyl (C=O) groups is 2. The Balaban J connectivity index is 2.36. The summed E-state index contributed by atoms with van der Waals surface area (Å²) in [5.74, 6) is -0.955. The number of benzene rings is 1. The molecular weight excluding hydrogens is 312 g/mol. The van der Waals surface area contributed by atoms with Gasteiger partial charge >= 0.3 is 5.97 Å². The summed E-state index contributed by atoms with van der Waals surface area (Å²) < 4.78 is 15.4. The standard InChI is InChI=1S/C18H24O6/c1-4-24-17(20)13-7-5-6-10-18(13,21)16(19)12-8-9-14(22-2)15(11-12)23-3/h8-9,11,13,21H,4-7,10H2,1-3H3. The monoisotopic (exact) mass is 336 g/mol. The van der Waals surface area contributed by atoms with Crippen LogP contribution in [0.3, 0.4) is 0 Å². The lowest BCUT2D eigenvalue weighted by molar-refractivity contribution is -0.158. The first kappa shape index (κ1) is 18.3. The van der Waals surface area contributed by atoms with Crippen LogP contribution in [-0.2, 0) is 9.53 Å². The quantitative estimate of drug-likeness (QED) is 0.634. The highest BCUT2D eigenvalue weighted by Gasteiger charge is 2.49. The number of esters is 1. The van der Waals surface area contributed by atoms with Gasteiger partial charge in [0.25, 0.3) is 0 Å². The van der Waals surface area contributed by atoms with Crippen molar-refractivity contribution < 1.29 is 28.9 Å². The lowest BCUT2D eigenvalue weighted by atomic mass is 9.71. The second-order valence-electron chi connectivity index (χ2n) is 5.87. The Bertz CT molecular complexity index is 612. The van der Waals surface area contributed by atoms with E-state index in [1.807, 2.05) is 0 Å². The molecule has 1 aromatic carbocycles. The van der Waals surface area contributed by atoms with E-state index in [1.165, 1.54) is 20.3 Å². The number of carbonyl (C=O) groups excluding carboxylic acids is 2. The van der Waals surface area contributed by atoms with Crippen molar-refractivity contribution in [1.82, 2.24) is 0 Å². The molecule has 1 saturated carbocycles. The zero-order valence-electron chi connectivity index (χ0n) is 14.3. The zero-order valence-corrected chi connectivity index (χ0v) is 14.3. The second kappa shape index (κ2) is 7.66. The van der Waals surface area contributed by atoms with E-state index in [4.69, 9.17) is 14.2 Å². The molecule has 24 heavy (non-hydrogen) atoms. The molecule has 1 aromatic rings. The molecule has 0 saturated heterocycles. The number of ether oxygens (including phenoxy) is 3. The molecular formula is C18H24O6. The summed E-state index contributed by atoms with van der Waals surface area (Å²) in [6, 6.07) is 4.70. The number of hydrogen-bond acceptors (Lipinski definition) is 6. The van der Waals surface area contributed by atoms with E-state index in [0.29, 0.717) is 24.3 Å². The van der Waals surface area contributed by atoms with Crippen LogP contribution in [0, 0.1) is 5.92 Å². The van der Waals surface area contributed by atoms with Crippen molar-refractivity contribution in [3.63, 3.8) is 0 Å². The first-order valence-electron chi connectivity index (χ1n) is 8.13. The number of Topliss-reactive ketones (excluding diaryl/α,β-unsaturated/α-hetero) is 1. The summed E-state index contributed by atoms with van der Waals surface area (Å²) in [6.07, 6.45) is 2.15. The Morgan fingerprint density at radius 1 is 1.21 bits per heavy atom. The largest absolute Gasteiger partial charge is 0.493 e. The van der Waals surface area contributed by atoms with Crippen LogP contribution in [-0.4, -0.2) is 43.3 Å². The SMILES string of the molecule is CCOC(=O)C1CCCCC1(O)C(=O)c1ccc(OC)c(OC)c1. The van der Waals surface area contributed by atoms with Gasteiger partial charge in [0.15, 0.2) is 17.3 Å². The molecule has 0 bridgehead atoms. The number of ketones is 1. The molecule has 1 fully saturated rings. The van der Waals surface area contributed by atoms with Crippen molar-refractivity contribution in [1.29, 1.82) is 0 Å². The van der Waals surface area contributed by atoms with Crippen LogP contribution in [0.5, 0.6) is 11.5 Å². The first-order chi connectivity index (χ1) is 11.5. The van der Waals surface area contributed by atoms with Gasteiger partial charge in [0.2, 0.25) is 0 Å². The van der Waals surface area contributed by atoms with E-state index < -0.39 is 23.3 Å². The van der Waals surface area contributed by atoms with Crippen molar-refractivity contribution in [2.24, 2.45) is 5.92 Å². The van der Waals surface area contributed by atoms with Crippen molar-refractivity contribution >= 4 is 11.8 Å². The molecule has 0 aliphatic heterocycles. The maximum Gasteiger partial charge on any atom is 0.312 e. The first-order valence-corrected chi connectivity index (χ1v) is 8.13. The van der Waals surface area contributed by atoms with E-state index in [9.17, 15) is 14.7 Å². The van der Waals surface area contributed by atoms with Gasteiger partial charge in [-0.3, -0.25) is 9.59 Å². The van der Waals surface area contributed by atoms with Crippen LogP contribution in [0.1, 0.15) is 43.0 Å². The van der Waals surface area contributed by atoms with E-state index in [2.05, 4.69) is 0 Å². The van der Waals surface area contributed by atoms with Gasteiger partial charge in [0, 0.05) is 5.56 Å². The number of aliphatic hydroxyl groups is 1. The molecule has 0 radical (unpaired) electrons. The Labute approximate surface area is 141 Å². The molecule has 6 nitrogen and oxygen atoms in total. The van der Waals surface area contributed by atoms with E-state index in [1.54, 1.807) is 19.1 Å². The van der Waals surface area contributed by atoms with Gasteiger partial charge in [-0.1, -0.05) is 12.8 Å². The molecule has 2 unspecified atom stereocenters. The van der Waals surface area contributed by atoms with Crippen LogP contribution in [0.4, 0.5) is 0 Å². The third-order valence-corrected chi connectivity index (χ3v) is 4.49. The molecule has 2 atom stereocenters. The van der Waals surface area contributed by atoms with E-state index in [0.717, 1.165) is 6.42 Å². The minimum Gasteiger partial charge on any atom is -0.493 e. The summed E-state index contributed by atoms with van der Waals surface area (Å²) in [6.45, 7) is 1.92. The molecule has 0 heterocycles. The van der Waals surface area contributed by atoms with Crippen LogP contribution < -0.4 is 9.47 Å². The van der Waals surface area contributed by atoms with Gasteiger partial charge in [-0.15, -0.1) is 0 Å². The minimum absolute atomic E-state index is 0.218. The van der Waals surface area contributed by atoms with Gasteiger partial charge in [0.1, 0.15) is 5.60 Å². The highest BCUT2D eigenvalue weighted by Crippen LogP contribution is 2.38. The third kappa shape index (κ3) is 3.38. The molecule has 0 spiro atoms. The Kier molecular flexibility index (Phi) is 5.83. The van der Waals surface area contributed by atoms with Crippen molar-refractivity contribution in [2.45, 2.75) is 38.2 Å². The lowest BCUT2D eigenvalue weighted by Crippen LogP contribution is -2.51. The second-order valence-corrected chi connectivity index (χ2v) is 5.87. The summed E-state index contributed by atoms with van der Waals surface area (Å²) in [7, 11) is 2.98. The van der Waals surface area contributed by atoms with Crippen molar-refractivity contribution in [2.75, 3.05) is 20.8 Å². The molecule has 1 aliphatic carbocycles. The normalized spacial score (nSPS) is 23.4. The molecule has 0 amide bonds.